The Morgan fingerprint density at radius 1 is 1.41 bits per heavy atom. The summed E-state index contributed by atoms with van der Waals surface area (Å²) in [4.78, 5) is 4.42. The summed E-state index contributed by atoms with van der Waals surface area (Å²) in [6.07, 6.45) is 3.13. The van der Waals surface area contributed by atoms with Gasteiger partial charge in [0.1, 0.15) is 6.26 Å². The van der Waals surface area contributed by atoms with Crippen LogP contribution in [-0.2, 0) is 12.8 Å². The van der Waals surface area contributed by atoms with Crippen LogP contribution in [0.15, 0.2) is 39.4 Å². The number of aromatic nitrogens is 1. The largest absolute Gasteiger partial charge is 0.448 e. The van der Waals surface area contributed by atoms with Crippen molar-refractivity contribution < 1.29 is 4.42 Å². The molecule has 0 saturated carbocycles. The quantitative estimate of drug-likeness (QED) is 0.943. The fourth-order valence-corrected chi connectivity index (χ4v) is 2.08. The van der Waals surface area contributed by atoms with Crippen LogP contribution >= 0.6 is 15.9 Å². The normalized spacial score (nSPS) is 12.6. The third-order valence-corrected chi connectivity index (χ3v) is 3.20. The molecule has 90 valence electrons. The predicted octanol–water partition coefficient (Wildman–Crippen LogP) is 2.92. The van der Waals surface area contributed by atoms with Gasteiger partial charge in [-0.15, -0.1) is 0 Å². The van der Waals surface area contributed by atoms with Crippen LogP contribution in [0.1, 0.15) is 24.1 Å². The van der Waals surface area contributed by atoms with Crippen molar-refractivity contribution in [3.8, 4) is 0 Å². The van der Waals surface area contributed by atoms with Gasteiger partial charge in [0.05, 0.1) is 12.1 Å². The van der Waals surface area contributed by atoms with Crippen LogP contribution in [0.2, 0.25) is 0 Å². The molecule has 0 bridgehead atoms. The molecule has 2 aromatic rings. The lowest BCUT2D eigenvalue weighted by Gasteiger charge is -2.00. The molecule has 0 fully saturated rings. The van der Waals surface area contributed by atoms with E-state index in [2.05, 4.69) is 27.0 Å². The summed E-state index contributed by atoms with van der Waals surface area (Å²) in [6, 6.07) is 8.17. The van der Waals surface area contributed by atoms with E-state index in [9.17, 15) is 0 Å². The Morgan fingerprint density at radius 3 is 2.88 bits per heavy atom. The first-order valence-corrected chi connectivity index (χ1v) is 6.36. The lowest BCUT2D eigenvalue weighted by atomic mass is 10.1. The van der Waals surface area contributed by atoms with Gasteiger partial charge >= 0.3 is 0 Å². The summed E-state index contributed by atoms with van der Waals surface area (Å²) in [5.74, 6) is 0.729. The minimum absolute atomic E-state index is 0.108. The van der Waals surface area contributed by atoms with Gasteiger partial charge in [0.15, 0.2) is 5.89 Å². The Labute approximate surface area is 109 Å². The van der Waals surface area contributed by atoms with E-state index in [1.807, 2.05) is 25.1 Å². The number of hydrogen-bond acceptors (Lipinski definition) is 3. The fraction of sp³-hybridized carbons (Fsp3) is 0.308. The summed E-state index contributed by atoms with van der Waals surface area (Å²) in [7, 11) is 0. The van der Waals surface area contributed by atoms with E-state index >= 15 is 0 Å². The van der Waals surface area contributed by atoms with Crippen LogP contribution in [0.25, 0.3) is 0 Å². The van der Waals surface area contributed by atoms with E-state index in [0.717, 1.165) is 22.5 Å². The standard InChI is InChI=1S/C13H15BrN2O/c1-9(15)6-11-8-17-13(16-11)7-10-4-2-3-5-12(10)14/h2-5,8-9H,6-7,15H2,1H3. The summed E-state index contributed by atoms with van der Waals surface area (Å²) in [5.41, 5.74) is 7.81. The van der Waals surface area contributed by atoms with Gasteiger partial charge < -0.3 is 10.2 Å². The van der Waals surface area contributed by atoms with E-state index in [0.29, 0.717) is 6.42 Å². The van der Waals surface area contributed by atoms with Gasteiger partial charge in [-0.25, -0.2) is 4.98 Å². The molecule has 1 heterocycles. The first kappa shape index (κ1) is 12.3. The second-order valence-electron chi connectivity index (χ2n) is 4.18. The molecule has 0 spiro atoms. The number of nitrogens with two attached hydrogens (primary N) is 1. The Morgan fingerprint density at radius 2 is 2.18 bits per heavy atom. The summed E-state index contributed by atoms with van der Waals surface area (Å²) in [6.45, 7) is 1.96. The third-order valence-electron chi connectivity index (χ3n) is 2.43. The second kappa shape index (κ2) is 5.47. The van der Waals surface area contributed by atoms with Gasteiger partial charge in [0.25, 0.3) is 0 Å². The topological polar surface area (TPSA) is 52.0 Å². The molecule has 1 atom stereocenters. The average molecular weight is 295 g/mol. The summed E-state index contributed by atoms with van der Waals surface area (Å²) in [5, 5.41) is 0. The van der Waals surface area contributed by atoms with Gasteiger partial charge in [0.2, 0.25) is 0 Å². The van der Waals surface area contributed by atoms with E-state index in [4.69, 9.17) is 10.2 Å². The highest BCUT2D eigenvalue weighted by atomic mass is 79.9. The van der Waals surface area contributed by atoms with Gasteiger partial charge in [0, 0.05) is 16.9 Å². The van der Waals surface area contributed by atoms with Crippen molar-refractivity contribution in [2.45, 2.75) is 25.8 Å². The second-order valence-corrected chi connectivity index (χ2v) is 5.04. The average Bonchev–Trinajstić information content (AvgIpc) is 2.68. The van der Waals surface area contributed by atoms with Crippen molar-refractivity contribution >= 4 is 15.9 Å². The van der Waals surface area contributed by atoms with E-state index in [1.54, 1.807) is 6.26 Å². The van der Waals surface area contributed by atoms with E-state index in [1.165, 1.54) is 5.56 Å². The molecule has 0 amide bonds. The Hall–Kier alpha value is -1.13. The number of benzene rings is 1. The smallest absolute Gasteiger partial charge is 0.198 e. The molecule has 4 heteroatoms. The van der Waals surface area contributed by atoms with Crippen LogP contribution in [0.4, 0.5) is 0 Å². The number of hydrogen-bond donors (Lipinski definition) is 1. The Bertz CT molecular complexity index is 494. The predicted molar refractivity (Wildman–Crippen MR) is 70.8 cm³/mol. The van der Waals surface area contributed by atoms with Gasteiger partial charge in [-0.1, -0.05) is 34.1 Å². The number of rotatable bonds is 4. The molecule has 0 aliphatic carbocycles. The van der Waals surface area contributed by atoms with Crippen LogP contribution < -0.4 is 5.73 Å². The lowest BCUT2D eigenvalue weighted by molar-refractivity contribution is 0.505. The van der Waals surface area contributed by atoms with Crippen molar-refractivity contribution in [2.75, 3.05) is 0 Å². The van der Waals surface area contributed by atoms with E-state index < -0.39 is 0 Å². The molecule has 0 radical (unpaired) electrons. The van der Waals surface area contributed by atoms with Crippen molar-refractivity contribution in [1.82, 2.24) is 4.98 Å². The molecule has 17 heavy (non-hydrogen) atoms. The summed E-state index contributed by atoms with van der Waals surface area (Å²) < 4.78 is 6.51. The molecule has 0 aliphatic rings. The maximum absolute atomic E-state index is 5.72. The first-order valence-electron chi connectivity index (χ1n) is 5.57. The van der Waals surface area contributed by atoms with Crippen LogP contribution in [0, 0.1) is 0 Å². The SMILES string of the molecule is CC(N)Cc1coc(Cc2ccccc2Br)n1. The van der Waals surface area contributed by atoms with E-state index in [-0.39, 0.29) is 6.04 Å². The Balaban J connectivity index is 2.09. The van der Waals surface area contributed by atoms with Crippen molar-refractivity contribution in [1.29, 1.82) is 0 Å². The maximum atomic E-state index is 5.72. The first-order chi connectivity index (χ1) is 8.15. The highest BCUT2D eigenvalue weighted by molar-refractivity contribution is 9.10. The van der Waals surface area contributed by atoms with Crippen LogP contribution in [0.3, 0.4) is 0 Å². The molecule has 2 N–H and O–H groups in total. The molecule has 0 saturated heterocycles. The molecule has 1 unspecified atom stereocenters. The monoisotopic (exact) mass is 294 g/mol. The fourth-order valence-electron chi connectivity index (χ4n) is 1.66. The molecule has 0 aliphatic heterocycles. The third kappa shape index (κ3) is 3.41. The van der Waals surface area contributed by atoms with Crippen molar-refractivity contribution in [2.24, 2.45) is 5.73 Å². The number of nitrogens with zero attached hydrogens (tertiary/aromatic N) is 1. The maximum Gasteiger partial charge on any atom is 0.198 e. The lowest BCUT2D eigenvalue weighted by Crippen LogP contribution is -2.17. The van der Waals surface area contributed by atoms with Crippen LogP contribution in [0.5, 0.6) is 0 Å². The zero-order valence-corrected chi connectivity index (χ0v) is 11.3. The minimum atomic E-state index is 0.108. The highest BCUT2D eigenvalue weighted by Crippen LogP contribution is 2.19. The molecular weight excluding hydrogens is 280 g/mol. The van der Waals surface area contributed by atoms with Crippen molar-refractivity contribution in [3.63, 3.8) is 0 Å². The zero-order chi connectivity index (χ0) is 12.3. The highest BCUT2D eigenvalue weighted by Gasteiger charge is 2.08. The van der Waals surface area contributed by atoms with Crippen molar-refractivity contribution in [3.05, 3.63) is 52.1 Å². The minimum Gasteiger partial charge on any atom is -0.448 e. The number of halogens is 1. The van der Waals surface area contributed by atoms with Gasteiger partial charge in [-0.3, -0.25) is 0 Å². The molecule has 1 aromatic carbocycles. The molecule has 3 nitrogen and oxygen atoms in total. The number of oxazole rings is 1. The molecule has 2 rings (SSSR count). The van der Waals surface area contributed by atoms with Gasteiger partial charge in [-0.2, -0.15) is 0 Å². The zero-order valence-electron chi connectivity index (χ0n) is 9.69. The van der Waals surface area contributed by atoms with Crippen LogP contribution in [-0.4, -0.2) is 11.0 Å². The Kier molecular flexibility index (Phi) is 3.97. The van der Waals surface area contributed by atoms with Gasteiger partial charge in [-0.05, 0) is 18.6 Å². The summed E-state index contributed by atoms with van der Waals surface area (Å²) >= 11 is 3.51. The molecule has 1 aromatic heterocycles. The molecular formula is C13H15BrN2O.